The Hall–Kier alpha value is -0.840. The molecule has 0 unspecified atom stereocenters. The van der Waals surface area contributed by atoms with E-state index in [1.54, 1.807) is 6.26 Å². The van der Waals surface area contributed by atoms with Crippen LogP contribution in [0.1, 0.15) is 37.9 Å². The minimum absolute atomic E-state index is 0.482. The molecule has 20 heavy (non-hydrogen) atoms. The predicted octanol–water partition coefficient (Wildman–Crippen LogP) is 2.40. The van der Waals surface area contributed by atoms with E-state index < -0.39 is 0 Å². The second-order valence-electron chi connectivity index (χ2n) is 5.95. The predicted molar refractivity (Wildman–Crippen MR) is 78.6 cm³/mol. The maximum absolute atomic E-state index is 5.98. The van der Waals surface area contributed by atoms with Crippen LogP contribution < -0.4 is 5.32 Å². The first-order valence-corrected chi connectivity index (χ1v) is 8.00. The molecule has 1 saturated carbocycles. The number of hydrogen-bond donors (Lipinski definition) is 1. The van der Waals surface area contributed by atoms with Crippen molar-refractivity contribution in [3.8, 4) is 0 Å². The van der Waals surface area contributed by atoms with Crippen molar-refractivity contribution in [2.75, 3.05) is 26.2 Å². The van der Waals surface area contributed by atoms with Crippen LogP contribution in [0, 0.1) is 0 Å². The monoisotopic (exact) mass is 278 g/mol. The van der Waals surface area contributed by atoms with Gasteiger partial charge in [0, 0.05) is 19.2 Å². The van der Waals surface area contributed by atoms with Gasteiger partial charge in [-0.3, -0.25) is 4.90 Å². The minimum atomic E-state index is 0.482. The van der Waals surface area contributed by atoms with Crippen molar-refractivity contribution < 1.29 is 9.15 Å². The number of nitrogens with one attached hydrogen (secondary N) is 1. The molecular formula is C16H26N2O2. The van der Waals surface area contributed by atoms with E-state index in [2.05, 4.69) is 16.3 Å². The third-order valence-corrected chi connectivity index (χ3v) is 4.23. The molecule has 2 fully saturated rings. The summed E-state index contributed by atoms with van der Waals surface area (Å²) in [7, 11) is 0. The van der Waals surface area contributed by atoms with E-state index in [0.29, 0.717) is 6.10 Å². The van der Waals surface area contributed by atoms with E-state index in [1.807, 2.05) is 6.07 Å². The Labute approximate surface area is 121 Å². The Morgan fingerprint density at radius 1 is 1.25 bits per heavy atom. The summed E-state index contributed by atoms with van der Waals surface area (Å²) in [6.45, 7) is 5.18. The van der Waals surface area contributed by atoms with Gasteiger partial charge >= 0.3 is 0 Å². The molecule has 1 N–H and O–H groups in total. The van der Waals surface area contributed by atoms with E-state index in [4.69, 9.17) is 9.15 Å². The smallest absolute Gasteiger partial charge is 0.117 e. The summed E-state index contributed by atoms with van der Waals surface area (Å²) in [5.74, 6) is 1.08. The van der Waals surface area contributed by atoms with Gasteiger partial charge in [0.25, 0.3) is 0 Å². The number of ether oxygens (including phenoxy) is 1. The fourth-order valence-corrected chi connectivity index (χ4v) is 2.91. The molecule has 1 aromatic rings. The summed E-state index contributed by atoms with van der Waals surface area (Å²) < 4.78 is 11.4. The van der Waals surface area contributed by atoms with Crippen LogP contribution in [0.3, 0.4) is 0 Å². The third-order valence-electron chi connectivity index (χ3n) is 4.23. The lowest BCUT2D eigenvalue weighted by Crippen LogP contribution is -2.33. The molecule has 2 heterocycles. The first kappa shape index (κ1) is 14.1. The highest BCUT2D eigenvalue weighted by Gasteiger charge is 2.29. The van der Waals surface area contributed by atoms with Gasteiger partial charge in [-0.1, -0.05) is 0 Å². The average Bonchev–Trinajstić information content (AvgIpc) is 3.21. The molecule has 0 radical (unpaired) electrons. The van der Waals surface area contributed by atoms with Gasteiger partial charge < -0.3 is 14.5 Å². The standard InChI is InChI=1S/C16H26N2O2/c1-3-16(20-11-1)13-18(14-4-5-14)10-2-12-19-15-6-8-17-9-7-15/h1,3,11,14-15,17H,2,4-10,12-13H2. The molecule has 0 bridgehead atoms. The van der Waals surface area contributed by atoms with Crippen molar-refractivity contribution in [1.29, 1.82) is 0 Å². The zero-order valence-corrected chi connectivity index (χ0v) is 12.2. The summed E-state index contributed by atoms with van der Waals surface area (Å²) in [5, 5.41) is 3.37. The van der Waals surface area contributed by atoms with E-state index >= 15 is 0 Å². The van der Waals surface area contributed by atoms with E-state index in [-0.39, 0.29) is 0 Å². The van der Waals surface area contributed by atoms with Crippen molar-refractivity contribution in [1.82, 2.24) is 10.2 Å². The number of nitrogens with zero attached hydrogens (tertiary/aromatic N) is 1. The Morgan fingerprint density at radius 3 is 2.80 bits per heavy atom. The van der Waals surface area contributed by atoms with Crippen LogP contribution in [-0.4, -0.2) is 43.3 Å². The van der Waals surface area contributed by atoms with E-state index in [0.717, 1.165) is 51.0 Å². The molecule has 1 aromatic heterocycles. The Morgan fingerprint density at radius 2 is 2.10 bits per heavy atom. The van der Waals surface area contributed by atoms with Crippen molar-refractivity contribution in [3.05, 3.63) is 24.2 Å². The molecule has 0 atom stereocenters. The molecular weight excluding hydrogens is 252 g/mol. The molecule has 4 heteroatoms. The van der Waals surface area contributed by atoms with Crippen LogP contribution in [-0.2, 0) is 11.3 Å². The van der Waals surface area contributed by atoms with Gasteiger partial charge in [0.05, 0.1) is 18.9 Å². The highest BCUT2D eigenvalue weighted by atomic mass is 16.5. The zero-order chi connectivity index (χ0) is 13.6. The van der Waals surface area contributed by atoms with Crippen LogP contribution >= 0.6 is 0 Å². The minimum Gasteiger partial charge on any atom is -0.468 e. The third kappa shape index (κ3) is 4.33. The molecule has 0 spiro atoms. The van der Waals surface area contributed by atoms with Crippen LogP contribution in [0.15, 0.2) is 22.8 Å². The summed E-state index contributed by atoms with van der Waals surface area (Å²) in [6, 6.07) is 4.82. The Balaban J connectivity index is 1.34. The number of piperidine rings is 1. The largest absolute Gasteiger partial charge is 0.468 e. The molecule has 2 aliphatic rings. The summed E-state index contributed by atoms with van der Waals surface area (Å²) >= 11 is 0. The average molecular weight is 278 g/mol. The van der Waals surface area contributed by atoms with Gasteiger partial charge in [-0.15, -0.1) is 0 Å². The normalized spacial score (nSPS) is 20.6. The lowest BCUT2D eigenvalue weighted by molar-refractivity contribution is 0.0268. The molecule has 4 nitrogen and oxygen atoms in total. The topological polar surface area (TPSA) is 37.6 Å². The van der Waals surface area contributed by atoms with Gasteiger partial charge in [0.2, 0.25) is 0 Å². The molecule has 0 aromatic carbocycles. The fourth-order valence-electron chi connectivity index (χ4n) is 2.91. The van der Waals surface area contributed by atoms with Gasteiger partial charge in [0.1, 0.15) is 5.76 Å². The first-order chi connectivity index (χ1) is 9.92. The molecule has 0 amide bonds. The van der Waals surface area contributed by atoms with Crippen LogP contribution in [0.2, 0.25) is 0 Å². The van der Waals surface area contributed by atoms with Crippen molar-refractivity contribution in [3.63, 3.8) is 0 Å². The molecule has 1 saturated heterocycles. The van der Waals surface area contributed by atoms with Crippen LogP contribution in [0.4, 0.5) is 0 Å². The van der Waals surface area contributed by atoms with Crippen LogP contribution in [0.5, 0.6) is 0 Å². The number of hydrogen-bond acceptors (Lipinski definition) is 4. The van der Waals surface area contributed by atoms with Gasteiger partial charge in [-0.05, 0) is 57.3 Å². The summed E-state index contributed by atoms with van der Waals surface area (Å²) in [5.41, 5.74) is 0. The van der Waals surface area contributed by atoms with Gasteiger partial charge in [-0.25, -0.2) is 0 Å². The molecule has 1 aliphatic carbocycles. The summed E-state index contributed by atoms with van der Waals surface area (Å²) in [6.07, 6.45) is 8.39. The highest BCUT2D eigenvalue weighted by Crippen LogP contribution is 2.28. The van der Waals surface area contributed by atoms with Gasteiger partial charge in [0.15, 0.2) is 0 Å². The van der Waals surface area contributed by atoms with Gasteiger partial charge in [-0.2, -0.15) is 0 Å². The van der Waals surface area contributed by atoms with Crippen molar-refractivity contribution in [2.24, 2.45) is 0 Å². The lowest BCUT2D eigenvalue weighted by atomic mass is 10.1. The second-order valence-corrected chi connectivity index (χ2v) is 5.95. The van der Waals surface area contributed by atoms with E-state index in [9.17, 15) is 0 Å². The number of rotatable bonds is 8. The lowest BCUT2D eigenvalue weighted by Gasteiger charge is -2.24. The Bertz CT molecular complexity index is 370. The fraction of sp³-hybridized carbons (Fsp3) is 0.750. The highest BCUT2D eigenvalue weighted by molar-refractivity contribution is 4.99. The quantitative estimate of drug-likeness (QED) is 0.741. The van der Waals surface area contributed by atoms with Crippen LogP contribution in [0.25, 0.3) is 0 Å². The van der Waals surface area contributed by atoms with E-state index in [1.165, 1.54) is 25.7 Å². The maximum Gasteiger partial charge on any atom is 0.117 e. The number of furan rings is 1. The summed E-state index contributed by atoms with van der Waals surface area (Å²) in [4.78, 5) is 2.55. The molecule has 1 aliphatic heterocycles. The van der Waals surface area contributed by atoms with Crippen molar-refractivity contribution >= 4 is 0 Å². The zero-order valence-electron chi connectivity index (χ0n) is 12.2. The Kier molecular flexibility index (Phi) is 5.12. The maximum atomic E-state index is 5.98. The molecule has 3 rings (SSSR count). The second kappa shape index (κ2) is 7.25. The first-order valence-electron chi connectivity index (χ1n) is 8.00. The molecule has 112 valence electrons. The van der Waals surface area contributed by atoms with Crippen molar-refractivity contribution in [2.45, 2.75) is 50.8 Å². The SMILES string of the molecule is c1coc(CN(CCCOC2CCNCC2)C2CC2)c1.